The van der Waals surface area contributed by atoms with Crippen molar-refractivity contribution in [3.8, 4) is 0 Å². The van der Waals surface area contributed by atoms with Gasteiger partial charge < -0.3 is 15.0 Å². The van der Waals surface area contributed by atoms with E-state index in [2.05, 4.69) is 183 Å². The predicted octanol–water partition coefficient (Wildman–Crippen LogP) is 13.6. The lowest BCUT2D eigenvalue weighted by Gasteiger charge is -2.03. The van der Waals surface area contributed by atoms with Gasteiger partial charge >= 0.3 is 0 Å². The lowest BCUT2D eigenvalue weighted by Crippen LogP contribution is -1.88. The highest BCUT2D eigenvalue weighted by Gasteiger charge is 2.06. The Balaban J connectivity index is 0.000000139. The SMILES string of the molecule is CC(C)c1c[nH]c2ccccc12.CC(C)c1cc2cccnc2[nH]1.CC(C)c1ccc2nn(C)cc2c1.CC(C)c1cccnc1.CC(C)c1cnc2[nH]ccc2c1. The van der Waals surface area contributed by atoms with Gasteiger partial charge in [-0.2, -0.15) is 5.10 Å². The Kier molecular flexibility index (Phi) is 15.2. The first-order valence-corrected chi connectivity index (χ1v) is 20.6. The van der Waals surface area contributed by atoms with Gasteiger partial charge in [0.1, 0.15) is 11.3 Å². The highest BCUT2D eigenvalue weighted by Crippen LogP contribution is 2.25. The minimum Gasteiger partial charge on any atom is -0.361 e. The zero-order chi connectivity index (χ0) is 41.8. The fourth-order valence-electron chi connectivity index (χ4n) is 6.38. The molecule has 9 aromatic rings. The van der Waals surface area contributed by atoms with Crippen molar-refractivity contribution in [2.45, 2.75) is 98.8 Å². The average molecular weight is 775 g/mol. The molecule has 0 bridgehead atoms. The summed E-state index contributed by atoms with van der Waals surface area (Å²) >= 11 is 0. The first-order valence-electron chi connectivity index (χ1n) is 20.6. The van der Waals surface area contributed by atoms with E-state index < -0.39 is 0 Å². The Labute approximate surface area is 344 Å². The van der Waals surface area contributed by atoms with E-state index in [-0.39, 0.29) is 0 Å². The first kappa shape index (κ1) is 43.1. The number of benzene rings is 2. The maximum Gasteiger partial charge on any atom is 0.137 e. The Morgan fingerprint density at radius 3 is 1.91 bits per heavy atom. The molecule has 7 heterocycles. The molecule has 0 fully saturated rings. The molecule has 3 N–H and O–H groups in total. The number of aromatic amines is 3. The Hall–Kier alpha value is -6.02. The van der Waals surface area contributed by atoms with E-state index in [1.165, 1.54) is 55.0 Å². The van der Waals surface area contributed by atoms with E-state index >= 15 is 0 Å². The molecular weight excluding hydrogens is 713 g/mol. The second kappa shape index (κ2) is 20.4. The largest absolute Gasteiger partial charge is 0.361 e. The minimum absolute atomic E-state index is 0.541. The molecule has 0 saturated carbocycles. The second-order valence-electron chi connectivity index (χ2n) is 16.3. The van der Waals surface area contributed by atoms with Crippen LogP contribution in [0.25, 0.3) is 43.9 Å². The van der Waals surface area contributed by atoms with Crippen LogP contribution >= 0.6 is 0 Å². The van der Waals surface area contributed by atoms with Crippen LogP contribution in [0.2, 0.25) is 0 Å². The van der Waals surface area contributed by atoms with Gasteiger partial charge in [-0.1, -0.05) is 99.6 Å². The van der Waals surface area contributed by atoms with Gasteiger partial charge in [0.15, 0.2) is 0 Å². The van der Waals surface area contributed by atoms with E-state index in [0.717, 1.165) is 16.8 Å². The number of hydrogen-bond donors (Lipinski definition) is 3. The molecule has 0 spiro atoms. The van der Waals surface area contributed by atoms with Crippen LogP contribution in [0.5, 0.6) is 0 Å². The van der Waals surface area contributed by atoms with Gasteiger partial charge in [0, 0.05) is 83.2 Å². The summed E-state index contributed by atoms with van der Waals surface area (Å²) in [7, 11) is 1.95. The van der Waals surface area contributed by atoms with Crippen molar-refractivity contribution < 1.29 is 0 Å². The first-order chi connectivity index (χ1) is 27.8. The van der Waals surface area contributed by atoms with Crippen LogP contribution in [0.1, 0.15) is 127 Å². The molecule has 302 valence electrons. The molecular formula is C50H62N8. The van der Waals surface area contributed by atoms with Crippen LogP contribution in [-0.2, 0) is 7.05 Å². The average Bonchev–Trinajstić information content (AvgIpc) is 4.03. The molecule has 0 aliphatic rings. The number of hydrogen-bond acceptors (Lipinski definition) is 4. The molecule has 0 saturated heterocycles. The second-order valence-corrected chi connectivity index (χ2v) is 16.3. The molecule has 7 aromatic heterocycles. The minimum atomic E-state index is 0.541. The highest BCUT2D eigenvalue weighted by molar-refractivity contribution is 5.83. The van der Waals surface area contributed by atoms with Crippen molar-refractivity contribution in [3.05, 3.63) is 156 Å². The zero-order valence-corrected chi connectivity index (χ0v) is 36.2. The van der Waals surface area contributed by atoms with Crippen molar-refractivity contribution in [2.75, 3.05) is 0 Å². The Morgan fingerprint density at radius 1 is 0.552 bits per heavy atom. The lowest BCUT2D eigenvalue weighted by molar-refractivity contribution is 0.780. The number of H-pyrrole nitrogens is 3. The van der Waals surface area contributed by atoms with E-state index in [1.54, 1.807) is 6.20 Å². The number of para-hydroxylation sites is 1. The molecule has 9 rings (SSSR count). The topological polar surface area (TPSA) is 104 Å². The molecule has 8 heteroatoms. The van der Waals surface area contributed by atoms with Crippen LogP contribution < -0.4 is 0 Å². The number of rotatable bonds is 5. The van der Waals surface area contributed by atoms with Gasteiger partial charge in [0.2, 0.25) is 0 Å². The number of nitrogens with zero attached hydrogens (tertiary/aromatic N) is 5. The summed E-state index contributed by atoms with van der Waals surface area (Å²) in [6.45, 7) is 21.9. The highest BCUT2D eigenvalue weighted by atomic mass is 15.2. The summed E-state index contributed by atoms with van der Waals surface area (Å²) in [5.41, 5.74) is 10.9. The summed E-state index contributed by atoms with van der Waals surface area (Å²) in [6, 6.07) is 29.4. The Bertz CT molecular complexity index is 2530. The van der Waals surface area contributed by atoms with Crippen LogP contribution in [0.4, 0.5) is 0 Å². The van der Waals surface area contributed by atoms with E-state index in [1.807, 2.05) is 54.7 Å². The third-order valence-electron chi connectivity index (χ3n) is 10.0. The maximum atomic E-state index is 4.33. The fourth-order valence-corrected chi connectivity index (χ4v) is 6.38. The molecule has 0 atom stereocenters. The van der Waals surface area contributed by atoms with Crippen molar-refractivity contribution in [1.82, 2.24) is 39.7 Å². The van der Waals surface area contributed by atoms with Crippen molar-refractivity contribution in [3.63, 3.8) is 0 Å². The third kappa shape index (κ3) is 11.8. The zero-order valence-electron chi connectivity index (χ0n) is 36.2. The number of pyridine rings is 3. The van der Waals surface area contributed by atoms with E-state index in [0.29, 0.717) is 29.6 Å². The molecule has 58 heavy (non-hydrogen) atoms. The lowest BCUT2D eigenvalue weighted by atomic mass is 10.0. The number of aromatic nitrogens is 8. The summed E-state index contributed by atoms with van der Waals surface area (Å²) in [4.78, 5) is 22.2. The summed E-state index contributed by atoms with van der Waals surface area (Å²) < 4.78 is 1.86. The Morgan fingerprint density at radius 2 is 1.26 bits per heavy atom. The number of fused-ring (bicyclic) bond motifs is 4. The van der Waals surface area contributed by atoms with Gasteiger partial charge in [-0.15, -0.1) is 0 Å². The normalized spacial score (nSPS) is 11.1. The standard InChI is InChI=1S/C11H14N2.C11H13N.2C10H12N2.C8H11N/c1-8(2)9-4-5-11-10(6-9)7-13(3)12-11;1-8(2)10-7-12-11-6-4-3-5-9(10)11;1-7(2)9-5-8-3-4-11-10(8)12-6-9;1-7(2)9-6-8-4-3-5-11-10(8)12-9;1-7(2)8-4-3-5-9-6-8/h4-8H,1-3H3;3-8,12H,1-2H3;2*3-7H,1-2H3,(H,11,12);3-7H,1-2H3. The van der Waals surface area contributed by atoms with Crippen LogP contribution in [0.15, 0.2) is 128 Å². The van der Waals surface area contributed by atoms with Crippen molar-refractivity contribution in [1.29, 1.82) is 0 Å². The van der Waals surface area contributed by atoms with Crippen LogP contribution in [0, 0.1) is 0 Å². The molecule has 0 unspecified atom stereocenters. The van der Waals surface area contributed by atoms with Gasteiger partial charge in [0.25, 0.3) is 0 Å². The van der Waals surface area contributed by atoms with Crippen molar-refractivity contribution >= 4 is 43.9 Å². The predicted molar refractivity (Wildman–Crippen MR) is 246 cm³/mol. The third-order valence-corrected chi connectivity index (χ3v) is 10.0. The van der Waals surface area contributed by atoms with Crippen LogP contribution in [-0.4, -0.2) is 39.7 Å². The molecule has 2 aromatic carbocycles. The molecule has 0 radical (unpaired) electrons. The monoisotopic (exact) mass is 775 g/mol. The molecule has 0 aliphatic carbocycles. The smallest absolute Gasteiger partial charge is 0.137 e. The van der Waals surface area contributed by atoms with Gasteiger partial charge in [-0.05, 0) is 106 Å². The molecule has 0 amide bonds. The van der Waals surface area contributed by atoms with Gasteiger partial charge in [0.05, 0.1) is 5.52 Å². The van der Waals surface area contributed by atoms with Crippen LogP contribution in [0.3, 0.4) is 0 Å². The fraction of sp³-hybridized carbons (Fsp3) is 0.320. The number of aryl methyl sites for hydroxylation is 1. The van der Waals surface area contributed by atoms with E-state index in [9.17, 15) is 0 Å². The summed E-state index contributed by atoms with van der Waals surface area (Å²) in [5.74, 6) is 2.88. The van der Waals surface area contributed by atoms with E-state index in [4.69, 9.17) is 0 Å². The van der Waals surface area contributed by atoms with Crippen molar-refractivity contribution in [2.24, 2.45) is 7.05 Å². The maximum absolute atomic E-state index is 4.33. The summed E-state index contributed by atoms with van der Waals surface area (Å²) in [6.07, 6.45) is 13.5. The number of nitrogens with one attached hydrogen (secondary N) is 3. The summed E-state index contributed by atoms with van der Waals surface area (Å²) in [5, 5.41) is 9.31. The molecule has 0 aliphatic heterocycles. The van der Waals surface area contributed by atoms with Gasteiger partial charge in [-0.25, -0.2) is 9.97 Å². The quantitative estimate of drug-likeness (QED) is 0.162. The molecule has 8 nitrogen and oxygen atoms in total. The van der Waals surface area contributed by atoms with Gasteiger partial charge in [-0.3, -0.25) is 9.67 Å².